The summed E-state index contributed by atoms with van der Waals surface area (Å²) in [6.07, 6.45) is -0.893. The van der Waals surface area contributed by atoms with Gasteiger partial charge in [-0.3, -0.25) is 0 Å². The maximum absolute atomic E-state index is 12.9. The number of hydrogen-bond acceptors (Lipinski definition) is 8. The van der Waals surface area contributed by atoms with Gasteiger partial charge in [0.15, 0.2) is 10.6 Å². The normalized spacial score (nSPS) is 18.0. The van der Waals surface area contributed by atoms with Crippen LogP contribution in [-0.2, 0) is 22.6 Å². The Bertz CT molecular complexity index is 2340. The second-order valence-electron chi connectivity index (χ2n) is 13.6. The van der Waals surface area contributed by atoms with Gasteiger partial charge in [-0.25, -0.2) is 9.78 Å². The summed E-state index contributed by atoms with van der Waals surface area (Å²) in [5.41, 5.74) is 7.53. The van der Waals surface area contributed by atoms with Crippen LogP contribution in [0.5, 0.6) is 11.5 Å². The van der Waals surface area contributed by atoms with E-state index in [1.165, 1.54) is 4.70 Å². The summed E-state index contributed by atoms with van der Waals surface area (Å²) >= 11 is 3.42. The number of carbonyl (C=O) groups is 1. The van der Waals surface area contributed by atoms with Gasteiger partial charge in [0.05, 0.1) is 29.0 Å². The number of amides is 2. The number of benzene rings is 6. The SMILES string of the molecule is C[C@@H]1[C@H](CSc2nc3ccccc3s2)O[C@H](c2ccc(-c3ccccc3CNC(=O)Nc3ccc(Oc4ccccc4)cc3)cc2)O[C@@H]1c1ccc(CO)cc1. The molecule has 2 heterocycles. The quantitative estimate of drug-likeness (QED) is 0.106. The molecule has 7 aromatic rings. The number of aliphatic hydroxyl groups is 1. The third kappa shape index (κ3) is 8.97. The molecule has 0 spiro atoms. The van der Waals surface area contributed by atoms with Crippen molar-refractivity contribution in [2.24, 2.45) is 5.92 Å². The summed E-state index contributed by atoms with van der Waals surface area (Å²) in [5, 5.41) is 15.6. The molecule has 0 saturated carbocycles. The highest BCUT2D eigenvalue weighted by molar-refractivity contribution is 8.01. The monoisotopic (exact) mass is 779 g/mol. The van der Waals surface area contributed by atoms with Gasteiger partial charge in [-0.05, 0) is 76.3 Å². The van der Waals surface area contributed by atoms with Crippen molar-refractivity contribution in [3.63, 3.8) is 0 Å². The highest BCUT2D eigenvalue weighted by Gasteiger charge is 2.38. The fourth-order valence-electron chi connectivity index (χ4n) is 6.73. The lowest BCUT2D eigenvalue weighted by atomic mass is 9.91. The number of aliphatic hydroxyl groups excluding tert-OH is 1. The van der Waals surface area contributed by atoms with E-state index in [4.69, 9.17) is 19.2 Å². The smallest absolute Gasteiger partial charge is 0.319 e. The van der Waals surface area contributed by atoms with E-state index < -0.39 is 6.29 Å². The van der Waals surface area contributed by atoms with Gasteiger partial charge in [0.1, 0.15) is 11.5 Å². The lowest BCUT2D eigenvalue weighted by Gasteiger charge is -2.41. The van der Waals surface area contributed by atoms with Crippen molar-refractivity contribution in [1.29, 1.82) is 0 Å². The predicted octanol–water partition coefficient (Wildman–Crippen LogP) is 11.2. The number of carbonyl (C=O) groups excluding carboxylic acids is 1. The van der Waals surface area contributed by atoms with Crippen LogP contribution in [0.1, 0.15) is 41.6 Å². The topological polar surface area (TPSA) is 102 Å². The molecule has 1 fully saturated rings. The number of urea groups is 1. The number of hydrogen-bond donors (Lipinski definition) is 3. The molecule has 1 saturated heterocycles. The van der Waals surface area contributed by atoms with Crippen LogP contribution in [0.25, 0.3) is 21.3 Å². The summed E-state index contributed by atoms with van der Waals surface area (Å²) in [6, 6.07) is 49.1. The Hall–Kier alpha value is -5.49. The molecule has 8 rings (SSSR count). The molecule has 10 heteroatoms. The van der Waals surface area contributed by atoms with Crippen LogP contribution in [0, 0.1) is 5.92 Å². The van der Waals surface area contributed by atoms with Gasteiger partial charge < -0.3 is 30.0 Å². The molecule has 56 heavy (non-hydrogen) atoms. The van der Waals surface area contributed by atoms with Crippen molar-refractivity contribution in [2.45, 2.75) is 42.9 Å². The molecule has 0 bridgehead atoms. The lowest BCUT2D eigenvalue weighted by molar-refractivity contribution is -0.268. The number of thiazole rings is 1. The van der Waals surface area contributed by atoms with Crippen LogP contribution >= 0.6 is 23.1 Å². The number of thioether (sulfide) groups is 1. The standard InChI is InChI=1S/C46H41N3O5S2/c1-30-41(29-55-46-49-40-13-7-8-14-42(40)56-46)53-44(54-43(30)33-17-15-31(28-50)16-18-33)34-21-19-32(20-22-34)39-12-6-5-9-35(39)27-47-45(51)48-36-23-25-38(26-24-36)52-37-10-3-2-4-11-37/h2-26,30,41,43-44,50H,27-29H2,1H3,(H2,47,48,51)/t30-,41+,43+,44+/m1/s1. The number of para-hydroxylation sites is 2. The summed E-state index contributed by atoms with van der Waals surface area (Å²) in [5.74, 6) is 2.23. The average molecular weight is 780 g/mol. The molecule has 1 aliphatic rings. The molecule has 4 atom stereocenters. The minimum absolute atomic E-state index is 0.00620. The van der Waals surface area contributed by atoms with Crippen LogP contribution in [0.15, 0.2) is 156 Å². The summed E-state index contributed by atoms with van der Waals surface area (Å²) in [4.78, 5) is 17.7. The van der Waals surface area contributed by atoms with E-state index in [-0.39, 0.29) is 30.8 Å². The lowest BCUT2D eigenvalue weighted by Crippen LogP contribution is -2.38. The van der Waals surface area contributed by atoms with Gasteiger partial charge in [0.25, 0.3) is 0 Å². The van der Waals surface area contributed by atoms with Gasteiger partial charge in [-0.15, -0.1) is 11.3 Å². The summed E-state index contributed by atoms with van der Waals surface area (Å²) in [6.45, 7) is 2.51. The first-order valence-corrected chi connectivity index (χ1v) is 20.3. The molecule has 282 valence electrons. The molecular formula is C46H41N3O5S2. The third-order valence-corrected chi connectivity index (χ3v) is 12.1. The number of ether oxygens (including phenoxy) is 3. The number of rotatable bonds is 12. The van der Waals surface area contributed by atoms with Gasteiger partial charge >= 0.3 is 6.03 Å². The Kier molecular flexibility index (Phi) is 11.7. The van der Waals surface area contributed by atoms with Crippen LogP contribution in [0.3, 0.4) is 0 Å². The first-order valence-electron chi connectivity index (χ1n) is 18.5. The van der Waals surface area contributed by atoms with E-state index in [9.17, 15) is 9.90 Å². The van der Waals surface area contributed by atoms with Gasteiger partial charge in [0.2, 0.25) is 0 Å². The van der Waals surface area contributed by atoms with Crippen LogP contribution in [-0.4, -0.2) is 28.0 Å². The van der Waals surface area contributed by atoms with E-state index in [0.717, 1.165) is 54.7 Å². The number of anilines is 1. The average Bonchev–Trinajstić information content (AvgIpc) is 3.67. The third-order valence-electron chi connectivity index (χ3n) is 9.81. The number of aromatic nitrogens is 1. The van der Waals surface area contributed by atoms with Crippen LogP contribution in [0.4, 0.5) is 10.5 Å². The Labute approximate surface area is 334 Å². The van der Waals surface area contributed by atoms with E-state index in [1.807, 2.05) is 115 Å². The highest BCUT2D eigenvalue weighted by atomic mass is 32.2. The molecule has 0 radical (unpaired) electrons. The first-order chi connectivity index (χ1) is 27.5. The van der Waals surface area contributed by atoms with Gasteiger partial charge in [0, 0.05) is 29.5 Å². The van der Waals surface area contributed by atoms with Gasteiger partial charge in [-0.1, -0.05) is 122 Å². The van der Waals surface area contributed by atoms with E-state index >= 15 is 0 Å². The Morgan fingerprint density at radius 1 is 0.786 bits per heavy atom. The van der Waals surface area contributed by atoms with Crippen molar-refractivity contribution in [3.05, 3.63) is 174 Å². The first kappa shape index (κ1) is 37.4. The second-order valence-corrected chi connectivity index (χ2v) is 15.9. The Morgan fingerprint density at radius 3 is 2.25 bits per heavy atom. The second kappa shape index (κ2) is 17.5. The molecule has 0 unspecified atom stereocenters. The Balaban J connectivity index is 0.939. The molecule has 1 aliphatic heterocycles. The zero-order valence-electron chi connectivity index (χ0n) is 30.7. The zero-order chi connectivity index (χ0) is 38.3. The van der Waals surface area contributed by atoms with Crippen LogP contribution in [0.2, 0.25) is 0 Å². The molecule has 6 aromatic carbocycles. The van der Waals surface area contributed by atoms with E-state index in [2.05, 4.69) is 54.0 Å². The van der Waals surface area contributed by atoms with E-state index in [1.54, 1.807) is 23.1 Å². The van der Waals surface area contributed by atoms with E-state index in [0.29, 0.717) is 18.0 Å². The molecule has 8 nitrogen and oxygen atoms in total. The van der Waals surface area contributed by atoms with Crippen molar-refractivity contribution in [1.82, 2.24) is 10.3 Å². The number of fused-ring (bicyclic) bond motifs is 1. The molecule has 1 aromatic heterocycles. The number of nitrogens with zero attached hydrogens (tertiary/aromatic N) is 1. The fraction of sp³-hybridized carbons (Fsp3) is 0.174. The Morgan fingerprint density at radius 2 is 1.48 bits per heavy atom. The maximum Gasteiger partial charge on any atom is 0.319 e. The minimum atomic E-state index is -0.580. The van der Waals surface area contributed by atoms with Crippen molar-refractivity contribution in [2.75, 3.05) is 11.1 Å². The largest absolute Gasteiger partial charge is 0.457 e. The zero-order valence-corrected chi connectivity index (χ0v) is 32.3. The molecule has 2 amide bonds. The highest BCUT2D eigenvalue weighted by Crippen LogP contribution is 2.44. The number of nitrogens with one attached hydrogen (secondary N) is 2. The summed E-state index contributed by atoms with van der Waals surface area (Å²) in [7, 11) is 0. The van der Waals surface area contributed by atoms with Gasteiger partial charge in [-0.2, -0.15) is 0 Å². The minimum Gasteiger partial charge on any atom is -0.457 e. The summed E-state index contributed by atoms with van der Waals surface area (Å²) < 4.78 is 21.5. The van der Waals surface area contributed by atoms with Crippen molar-refractivity contribution in [3.8, 4) is 22.6 Å². The predicted molar refractivity (Wildman–Crippen MR) is 224 cm³/mol. The molecule has 0 aliphatic carbocycles. The van der Waals surface area contributed by atoms with Crippen molar-refractivity contribution >= 4 is 45.0 Å². The van der Waals surface area contributed by atoms with Crippen molar-refractivity contribution < 1.29 is 24.1 Å². The fourth-order valence-corrected chi connectivity index (χ4v) is 8.99. The molecular weight excluding hydrogens is 739 g/mol. The molecule has 3 N–H and O–H groups in total. The maximum atomic E-state index is 12.9. The van der Waals surface area contributed by atoms with Crippen LogP contribution < -0.4 is 15.4 Å².